The predicted octanol–water partition coefficient (Wildman–Crippen LogP) is 5.66. The molecule has 236 valence electrons. The standard InChI is InChI=1S/C30H52NO9P/c1-6-7-8-9-10-11-12-13-16-19-28-29(40-28)20-17-14-15-18-21-30(33)39-27(24-36-26(2)32)25-38-41(34,35)37-23-22-31(3,4)5/h10-11,13-14,16-17,27-29H,6-9,12,15,18-25H2,1-5H3/p+1/b11-10-,16-13-,17-14-/t27-,28?,29?/m1/s1. The van der Waals surface area contributed by atoms with Crippen LogP contribution in [0.5, 0.6) is 0 Å². The first-order valence-corrected chi connectivity index (χ1v) is 16.3. The number of phosphoric acid groups is 1. The van der Waals surface area contributed by atoms with Crippen molar-refractivity contribution in [3.63, 3.8) is 0 Å². The zero-order valence-electron chi connectivity index (χ0n) is 25.7. The van der Waals surface area contributed by atoms with Crippen LogP contribution in [0, 0.1) is 0 Å². The van der Waals surface area contributed by atoms with Crippen LogP contribution >= 0.6 is 7.82 Å². The molecule has 0 aromatic rings. The average Bonchev–Trinajstić information content (AvgIpc) is 3.63. The number of hydrogen-bond donors (Lipinski definition) is 1. The van der Waals surface area contributed by atoms with Gasteiger partial charge in [0.05, 0.1) is 40.0 Å². The van der Waals surface area contributed by atoms with E-state index in [2.05, 4.69) is 37.3 Å². The van der Waals surface area contributed by atoms with Gasteiger partial charge in [0.25, 0.3) is 0 Å². The van der Waals surface area contributed by atoms with E-state index in [0.717, 1.165) is 25.7 Å². The van der Waals surface area contributed by atoms with Crippen LogP contribution in [-0.4, -0.2) is 87.1 Å². The number of unbranched alkanes of at least 4 members (excludes halogenated alkanes) is 4. The minimum absolute atomic E-state index is 0.0148. The Morgan fingerprint density at radius 3 is 2.22 bits per heavy atom. The zero-order valence-corrected chi connectivity index (χ0v) is 26.6. The van der Waals surface area contributed by atoms with Gasteiger partial charge in [0.15, 0.2) is 6.10 Å². The second-order valence-electron chi connectivity index (χ2n) is 11.2. The third-order valence-electron chi connectivity index (χ3n) is 6.13. The molecule has 1 aliphatic heterocycles. The molecule has 0 bridgehead atoms. The number of carbonyl (C=O) groups excluding carboxylic acids is 2. The molecule has 0 amide bonds. The highest BCUT2D eigenvalue weighted by molar-refractivity contribution is 7.47. The maximum absolute atomic E-state index is 12.3. The Morgan fingerprint density at radius 1 is 0.927 bits per heavy atom. The van der Waals surface area contributed by atoms with Gasteiger partial charge in [-0.2, -0.15) is 0 Å². The highest BCUT2D eigenvalue weighted by Gasteiger charge is 2.36. The van der Waals surface area contributed by atoms with Gasteiger partial charge in [-0.3, -0.25) is 18.6 Å². The summed E-state index contributed by atoms with van der Waals surface area (Å²) >= 11 is 0. The highest BCUT2D eigenvalue weighted by atomic mass is 31.2. The van der Waals surface area contributed by atoms with Crippen LogP contribution in [0.25, 0.3) is 0 Å². The van der Waals surface area contributed by atoms with Crippen molar-refractivity contribution in [3.8, 4) is 0 Å². The maximum atomic E-state index is 12.3. The lowest BCUT2D eigenvalue weighted by atomic mass is 10.1. The predicted molar refractivity (Wildman–Crippen MR) is 159 cm³/mol. The first-order valence-electron chi connectivity index (χ1n) is 14.8. The van der Waals surface area contributed by atoms with E-state index >= 15 is 0 Å². The van der Waals surface area contributed by atoms with Crippen molar-refractivity contribution in [3.05, 3.63) is 36.5 Å². The van der Waals surface area contributed by atoms with Crippen LogP contribution in [-0.2, 0) is 37.4 Å². The van der Waals surface area contributed by atoms with Crippen molar-refractivity contribution in [2.24, 2.45) is 0 Å². The van der Waals surface area contributed by atoms with Crippen molar-refractivity contribution in [2.45, 2.75) is 96.4 Å². The number of phosphoric ester groups is 1. The highest BCUT2D eigenvalue weighted by Crippen LogP contribution is 2.43. The Balaban J connectivity index is 2.23. The van der Waals surface area contributed by atoms with E-state index in [1.807, 2.05) is 27.2 Å². The average molecular weight is 603 g/mol. The number of carbonyl (C=O) groups is 2. The molecule has 11 heteroatoms. The second-order valence-corrected chi connectivity index (χ2v) is 12.7. The van der Waals surface area contributed by atoms with Gasteiger partial charge in [0.2, 0.25) is 0 Å². The number of quaternary nitrogens is 1. The van der Waals surface area contributed by atoms with Gasteiger partial charge in [-0.05, 0) is 44.9 Å². The number of esters is 2. The monoisotopic (exact) mass is 602 g/mol. The minimum atomic E-state index is -4.35. The first kappa shape index (κ1) is 37.2. The Morgan fingerprint density at radius 2 is 1.56 bits per heavy atom. The third kappa shape index (κ3) is 22.5. The quantitative estimate of drug-likeness (QED) is 0.0373. The summed E-state index contributed by atoms with van der Waals surface area (Å²) in [4.78, 5) is 33.4. The molecule has 10 nitrogen and oxygen atoms in total. The molecule has 41 heavy (non-hydrogen) atoms. The van der Waals surface area contributed by atoms with Crippen molar-refractivity contribution >= 4 is 19.8 Å². The SMILES string of the molecule is CCCCC/C=C\C/C=C\CC1OC1C/C=C\CCCC(=O)O[C@H](COC(C)=O)COP(=O)(O)OCC[N+](C)(C)C. The molecule has 1 saturated heterocycles. The van der Waals surface area contributed by atoms with Gasteiger partial charge in [-0.25, -0.2) is 4.57 Å². The minimum Gasteiger partial charge on any atom is -0.462 e. The van der Waals surface area contributed by atoms with E-state index in [-0.39, 0.29) is 31.8 Å². The van der Waals surface area contributed by atoms with E-state index < -0.39 is 32.5 Å². The summed E-state index contributed by atoms with van der Waals surface area (Å²) in [5, 5.41) is 0. The second kappa shape index (κ2) is 21.0. The Labute approximate surface area is 246 Å². The fraction of sp³-hybridized carbons (Fsp3) is 0.733. The Kier molecular flexibility index (Phi) is 19.0. The van der Waals surface area contributed by atoms with Gasteiger partial charge in [-0.1, -0.05) is 56.2 Å². The van der Waals surface area contributed by atoms with Crippen LogP contribution in [0.3, 0.4) is 0 Å². The summed E-state index contributed by atoms with van der Waals surface area (Å²) in [6, 6.07) is 0. The smallest absolute Gasteiger partial charge is 0.462 e. The van der Waals surface area contributed by atoms with E-state index in [9.17, 15) is 19.0 Å². The Bertz CT molecular complexity index is 882. The molecule has 1 fully saturated rings. The van der Waals surface area contributed by atoms with Gasteiger partial charge in [0.1, 0.15) is 19.8 Å². The molecule has 1 rings (SSSR count). The van der Waals surface area contributed by atoms with Gasteiger partial charge >= 0.3 is 19.8 Å². The van der Waals surface area contributed by atoms with Gasteiger partial charge in [-0.15, -0.1) is 0 Å². The summed E-state index contributed by atoms with van der Waals surface area (Å²) in [5.74, 6) is -1.07. The molecular formula is C30H53NO9P+. The molecule has 0 aromatic heterocycles. The number of epoxide rings is 1. The van der Waals surface area contributed by atoms with E-state index in [4.69, 9.17) is 23.3 Å². The lowest BCUT2D eigenvalue weighted by molar-refractivity contribution is -0.870. The van der Waals surface area contributed by atoms with E-state index in [1.54, 1.807) is 0 Å². The topological polar surface area (TPSA) is 121 Å². The molecule has 0 saturated carbocycles. The van der Waals surface area contributed by atoms with E-state index in [1.165, 1.54) is 26.2 Å². The normalized spacial score (nSPS) is 19.6. The molecule has 0 aliphatic carbocycles. The molecule has 4 atom stereocenters. The number of hydrogen-bond acceptors (Lipinski definition) is 8. The van der Waals surface area contributed by atoms with E-state index in [0.29, 0.717) is 23.9 Å². The number of nitrogens with zero attached hydrogens (tertiary/aromatic N) is 1. The fourth-order valence-corrected chi connectivity index (χ4v) is 4.40. The summed E-state index contributed by atoms with van der Waals surface area (Å²) in [6.45, 7) is 3.22. The Hall–Kier alpha value is -1.81. The summed E-state index contributed by atoms with van der Waals surface area (Å²) in [7, 11) is 1.41. The number of ether oxygens (including phenoxy) is 3. The summed E-state index contributed by atoms with van der Waals surface area (Å²) in [6.07, 6.45) is 21.6. The lowest BCUT2D eigenvalue weighted by Gasteiger charge is -2.24. The van der Waals surface area contributed by atoms with Crippen LogP contribution in [0.2, 0.25) is 0 Å². The maximum Gasteiger partial charge on any atom is 0.472 e. The van der Waals surface area contributed by atoms with Crippen molar-refractivity contribution < 1.29 is 46.8 Å². The van der Waals surface area contributed by atoms with Crippen molar-refractivity contribution in [2.75, 3.05) is 47.5 Å². The van der Waals surface area contributed by atoms with Crippen molar-refractivity contribution in [1.82, 2.24) is 0 Å². The first-order chi connectivity index (χ1) is 19.4. The largest absolute Gasteiger partial charge is 0.472 e. The van der Waals surface area contributed by atoms with Gasteiger partial charge in [0, 0.05) is 13.3 Å². The number of allylic oxidation sites excluding steroid dienone is 4. The number of rotatable bonds is 24. The molecule has 0 aromatic carbocycles. The molecule has 1 heterocycles. The van der Waals surface area contributed by atoms with Crippen molar-refractivity contribution in [1.29, 1.82) is 0 Å². The molecule has 0 spiro atoms. The van der Waals surface area contributed by atoms with Crippen LogP contribution in [0.4, 0.5) is 0 Å². The van der Waals surface area contributed by atoms with Crippen LogP contribution < -0.4 is 0 Å². The number of likely N-dealkylation sites (N-methyl/N-ethyl adjacent to an activating group) is 1. The molecule has 1 N–H and O–H groups in total. The molecular weight excluding hydrogens is 549 g/mol. The van der Waals surface area contributed by atoms with Gasteiger partial charge < -0.3 is 23.6 Å². The summed E-state index contributed by atoms with van der Waals surface area (Å²) < 4.78 is 38.6. The molecule has 3 unspecified atom stereocenters. The third-order valence-corrected chi connectivity index (χ3v) is 7.12. The zero-order chi connectivity index (χ0) is 30.6. The molecule has 1 aliphatic rings. The van der Waals surface area contributed by atoms with Crippen LogP contribution in [0.1, 0.15) is 78.1 Å². The lowest BCUT2D eigenvalue weighted by Crippen LogP contribution is -2.37. The van der Waals surface area contributed by atoms with Crippen LogP contribution in [0.15, 0.2) is 36.5 Å². The fourth-order valence-electron chi connectivity index (χ4n) is 3.65. The molecule has 0 radical (unpaired) electrons. The summed E-state index contributed by atoms with van der Waals surface area (Å²) in [5.41, 5.74) is 0.